The SMILES string of the molecule is O=C(Nc1nnc(Sc2ccnc3cc(Cl)ccc23)s1)c1c(F)cccc1F. The van der Waals surface area contributed by atoms with Crippen LogP contribution in [0.3, 0.4) is 0 Å². The average Bonchev–Trinajstić information content (AvgIpc) is 3.08. The highest BCUT2D eigenvalue weighted by Gasteiger charge is 2.19. The number of amides is 1. The Balaban J connectivity index is 1.55. The van der Waals surface area contributed by atoms with E-state index in [1.54, 1.807) is 18.3 Å². The van der Waals surface area contributed by atoms with E-state index in [1.165, 1.54) is 17.8 Å². The van der Waals surface area contributed by atoms with E-state index in [2.05, 4.69) is 20.5 Å². The van der Waals surface area contributed by atoms with Crippen LogP contribution in [0, 0.1) is 11.6 Å². The Morgan fingerprint density at radius 1 is 1.11 bits per heavy atom. The number of halogens is 3. The molecule has 0 radical (unpaired) electrons. The molecule has 5 nitrogen and oxygen atoms in total. The van der Waals surface area contributed by atoms with Crippen molar-refractivity contribution in [1.29, 1.82) is 0 Å². The maximum Gasteiger partial charge on any atom is 0.263 e. The minimum absolute atomic E-state index is 0.136. The second kappa shape index (κ2) is 7.78. The fraction of sp³-hybridized carbons (Fsp3) is 0. The number of benzene rings is 2. The summed E-state index contributed by atoms with van der Waals surface area (Å²) in [4.78, 5) is 17.3. The summed E-state index contributed by atoms with van der Waals surface area (Å²) in [5, 5.41) is 11.9. The van der Waals surface area contributed by atoms with Gasteiger partial charge in [0.25, 0.3) is 5.91 Å². The first-order valence-corrected chi connectivity index (χ1v) is 9.83. The Kier molecular flexibility index (Phi) is 5.21. The molecule has 4 rings (SSSR count). The summed E-state index contributed by atoms with van der Waals surface area (Å²) >= 11 is 8.42. The van der Waals surface area contributed by atoms with Gasteiger partial charge in [0.2, 0.25) is 5.13 Å². The van der Waals surface area contributed by atoms with Gasteiger partial charge in [-0.15, -0.1) is 10.2 Å². The lowest BCUT2D eigenvalue weighted by Gasteiger charge is -2.04. The Labute approximate surface area is 170 Å². The fourth-order valence-corrected chi connectivity index (χ4v) is 4.45. The van der Waals surface area contributed by atoms with Crippen LogP contribution in [0.5, 0.6) is 0 Å². The molecule has 28 heavy (non-hydrogen) atoms. The first kappa shape index (κ1) is 18.7. The monoisotopic (exact) mass is 434 g/mol. The molecular formula is C18H9ClF2N4OS2. The molecule has 0 aliphatic rings. The summed E-state index contributed by atoms with van der Waals surface area (Å²) in [5.41, 5.74) is 0.0782. The van der Waals surface area contributed by atoms with Gasteiger partial charge in [-0.3, -0.25) is 15.1 Å². The molecule has 0 spiro atoms. The van der Waals surface area contributed by atoms with Gasteiger partial charge in [0.1, 0.15) is 17.2 Å². The van der Waals surface area contributed by atoms with Gasteiger partial charge in [-0.25, -0.2) is 8.78 Å². The van der Waals surface area contributed by atoms with Crippen molar-refractivity contribution in [2.24, 2.45) is 0 Å². The summed E-state index contributed by atoms with van der Waals surface area (Å²) in [5.74, 6) is -2.82. The maximum atomic E-state index is 13.7. The summed E-state index contributed by atoms with van der Waals surface area (Å²) in [6, 6.07) is 10.4. The highest BCUT2D eigenvalue weighted by atomic mass is 35.5. The van der Waals surface area contributed by atoms with Gasteiger partial charge < -0.3 is 0 Å². The van der Waals surface area contributed by atoms with Crippen LogP contribution in [0.4, 0.5) is 13.9 Å². The largest absolute Gasteiger partial charge is 0.296 e. The number of hydrogen-bond donors (Lipinski definition) is 1. The number of rotatable bonds is 4. The molecule has 1 amide bonds. The van der Waals surface area contributed by atoms with Gasteiger partial charge in [0, 0.05) is 21.5 Å². The van der Waals surface area contributed by atoms with E-state index < -0.39 is 23.1 Å². The number of anilines is 1. The van der Waals surface area contributed by atoms with Crippen molar-refractivity contribution in [3.8, 4) is 0 Å². The van der Waals surface area contributed by atoms with Crippen LogP contribution in [-0.2, 0) is 0 Å². The van der Waals surface area contributed by atoms with E-state index in [-0.39, 0.29) is 5.13 Å². The van der Waals surface area contributed by atoms with Crippen molar-refractivity contribution < 1.29 is 13.6 Å². The molecule has 2 aromatic heterocycles. The lowest BCUT2D eigenvalue weighted by atomic mass is 10.2. The van der Waals surface area contributed by atoms with Crippen LogP contribution in [0.15, 0.2) is 57.9 Å². The van der Waals surface area contributed by atoms with E-state index in [9.17, 15) is 13.6 Å². The summed E-state index contributed by atoms with van der Waals surface area (Å²) < 4.78 is 28.0. The van der Waals surface area contributed by atoms with E-state index in [0.717, 1.165) is 39.3 Å². The smallest absolute Gasteiger partial charge is 0.263 e. The fourth-order valence-electron chi connectivity index (χ4n) is 2.45. The second-order valence-electron chi connectivity index (χ2n) is 5.50. The Hall–Kier alpha value is -2.62. The van der Waals surface area contributed by atoms with E-state index in [4.69, 9.17) is 11.6 Å². The van der Waals surface area contributed by atoms with Crippen molar-refractivity contribution in [3.63, 3.8) is 0 Å². The molecule has 10 heteroatoms. The molecule has 1 N–H and O–H groups in total. The van der Waals surface area contributed by atoms with Crippen LogP contribution >= 0.6 is 34.7 Å². The molecule has 140 valence electrons. The maximum absolute atomic E-state index is 13.7. The number of fused-ring (bicyclic) bond motifs is 1. The summed E-state index contributed by atoms with van der Waals surface area (Å²) in [7, 11) is 0. The quantitative estimate of drug-likeness (QED) is 0.434. The molecule has 4 aromatic rings. The van der Waals surface area contributed by atoms with Gasteiger partial charge in [0.05, 0.1) is 5.52 Å². The third kappa shape index (κ3) is 3.82. The average molecular weight is 435 g/mol. The molecule has 0 aliphatic heterocycles. The van der Waals surface area contributed by atoms with Crippen molar-refractivity contribution in [2.45, 2.75) is 9.24 Å². The Morgan fingerprint density at radius 3 is 2.68 bits per heavy atom. The zero-order chi connectivity index (χ0) is 19.7. The molecule has 0 atom stereocenters. The van der Waals surface area contributed by atoms with Crippen molar-refractivity contribution in [2.75, 3.05) is 5.32 Å². The first-order chi connectivity index (χ1) is 13.5. The third-order valence-electron chi connectivity index (χ3n) is 3.68. The zero-order valence-corrected chi connectivity index (χ0v) is 16.2. The minimum atomic E-state index is -0.946. The second-order valence-corrected chi connectivity index (χ2v) is 8.20. The molecule has 0 bridgehead atoms. The molecule has 0 saturated carbocycles. The standard InChI is InChI=1S/C18H9ClF2N4OS2/c19-9-4-5-10-13(8-9)22-7-6-14(10)27-18-25-24-17(28-18)23-16(26)15-11(20)2-1-3-12(15)21/h1-8H,(H,23,24,26). The van der Waals surface area contributed by atoms with Crippen LogP contribution in [0.1, 0.15) is 10.4 Å². The van der Waals surface area contributed by atoms with Gasteiger partial charge >= 0.3 is 0 Å². The number of pyridine rings is 1. The van der Waals surface area contributed by atoms with Crippen molar-refractivity contribution in [1.82, 2.24) is 15.2 Å². The number of hydrogen-bond acceptors (Lipinski definition) is 6. The zero-order valence-electron chi connectivity index (χ0n) is 13.8. The molecule has 2 heterocycles. The van der Waals surface area contributed by atoms with Gasteiger partial charge in [-0.2, -0.15) is 0 Å². The van der Waals surface area contributed by atoms with Crippen LogP contribution in [-0.4, -0.2) is 21.1 Å². The van der Waals surface area contributed by atoms with Crippen molar-refractivity contribution >= 4 is 56.6 Å². The number of nitrogens with one attached hydrogen (secondary N) is 1. The predicted octanol–water partition coefficient (Wildman–Crippen LogP) is 5.42. The highest BCUT2D eigenvalue weighted by Crippen LogP contribution is 2.36. The number of carbonyl (C=O) groups is 1. The Morgan fingerprint density at radius 2 is 1.89 bits per heavy atom. The molecule has 0 unspecified atom stereocenters. The van der Waals surface area contributed by atoms with Crippen molar-refractivity contribution in [3.05, 3.63) is 70.9 Å². The normalized spacial score (nSPS) is 11.0. The van der Waals surface area contributed by atoms with Gasteiger partial charge in [-0.1, -0.05) is 46.8 Å². The number of nitrogens with zero attached hydrogens (tertiary/aromatic N) is 3. The van der Waals surface area contributed by atoms with Crippen LogP contribution < -0.4 is 5.32 Å². The molecule has 2 aromatic carbocycles. The predicted molar refractivity (Wildman–Crippen MR) is 105 cm³/mol. The third-order valence-corrected chi connectivity index (χ3v) is 5.88. The van der Waals surface area contributed by atoms with Crippen LogP contribution in [0.2, 0.25) is 5.02 Å². The summed E-state index contributed by atoms with van der Waals surface area (Å²) in [6.07, 6.45) is 1.66. The molecule has 0 saturated heterocycles. The lowest BCUT2D eigenvalue weighted by Crippen LogP contribution is -2.15. The Bertz CT molecular complexity index is 1180. The lowest BCUT2D eigenvalue weighted by molar-refractivity contribution is 0.101. The molecule has 0 fully saturated rings. The topological polar surface area (TPSA) is 67.8 Å². The minimum Gasteiger partial charge on any atom is -0.296 e. The molecular weight excluding hydrogens is 426 g/mol. The van der Waals surface area contributed by atoms with Gasteiger partial charge in [0.15, 0.2) is 4.34 Å². The van der Waals surface area contributed by atoms with E-state index in [0.29, 0.717) is 9.36 Å². The van der Waals surface area contributed by atoms with E-state index >= 15 is 0 Å². The first-order valence-electron chi connectivity index (χ1n) is 7.82. The molecule has 0 aliphatic carbocycles. The van der Waals surface area contributed by atoms with Crippen LogP contribution in [0.25, 0.3) is 10.9 Å². The number of aromatic nitrogens is 3. The van der Waals surface area contributed by atoms with E-state index in [1.807, 2.05) is 12.1 Å². The highest BCUT2D eigenvalue weighted by molar-refractivity contribution is 8.01. The van der Waals surface area contributed by atoms with Gasteiger partial charge in [-0.05, 0) is 30.3 Å². The number of carbonyl (C=O) groups excluding carboxylic acids is 1. The summed E-state index contributed by atoms with van der Waals surface area (Å²) in [6.45, 7) is 0.